The van der Waals surface area contributed by atoms with E-state index >= 15 is 0 Å². The van der Waals surface area contributed by atoms with Gasteiger partial charge in [0, 0.05) is 56.4 Å². The third kappa shape index (κ3) is 4.17. The van der Waals surface area contributed by atoms with Crippen LogP contribution in [-0.4, -0.2) is 53.0 Å². The fourth-order valence-corrected chi connectivity index (χ4v) is 3.65. The molecule has 5 nitrogen and oxygen atoms in total. The zero-order valence-corrected chi connectivity index (χ0v) is 16.7. The van der Waals surface area contributed by atoms with Gasteiger partial charge in [-0.1, -0.05) is 11.6 Å². The normalized spacial score (nSPS) is 15.9. The number of nitrogens with zero attached hydrogens (tertiary/aromatic N) is 4. The van der Waals surface area contributed by atoms with Gasteiger partial charge in [0.2, 0.25) is 0 Å². The second kappa shape index (κ2) is 7.75. The van der Waals surface area contributed by atoms with Crippen LogP contribution in [0.25, 0.3) is 0 Å². The van der Waals surface area contributed by atoms with Crippen LogP contribution in [0.4, 0.5) is 19.0 Å². The van der Waals surface area contributed by atoms with Crippen molar-refractivity contribution in [1.82, 2.24) is 14.5 Å². The Bertz CT molecular complexity index is 886. The van der Waals surface area contributed by atoms with E-state index in [2.05, 4.69) is 4.98 Å². The molecule has 0 radical (unpaired) electrons. The molecule has 0 N–H and O–H groups in total. The van der Waals surface area contributed by atoms with Gasteiger partial charge in [0.1, 0.15) is 5.82 Å². The first-order valence-electron chi connectivity index (χ1n) is 8.94. The van der Waals surface area contributed by atoms with Gasteiger partial charge in [-0.05, 0) is 26.0 Å². The van der Waals surface area contributed by atoms with Gasteiger partial charge in [-0.3, -0.25) is 9.69 Å². The van der Waals surface area contributed by atoms with E-state index in [0.29, 0.717) is 38.5 Å². The molecule has 1 fully saturated rings. The Morgan fingerprint density at radius 3 is 2.32 bits per heavy atom. The van der Waals surface area contributed by atoms with Crippen molar-refractivity contribution in [3.05, 3.63) is 45.9 Å². The highest BCUT2D eigenvalue weighted by Crippen LogP contribution is 2.33. The van der Waals surface area contributed by atoms with Crippen molar-refractivity contribution < 1.29 is 18.0 Å². The Kier molecular flexibility index (Phi) is 5.72. The molecule has 1 aliphatic heterocycles. The standard InChI is InChI=1S/C19H22ClF3N4O/c1-12-8-15(13(2)25(12)3)17(28)11-26-4-6-27(7-5-26)18-16(20)9-14(10-24-18)19(21,22)23/h8-10H,4-7,11H2,1-3H3. The molecule has 0 spiro atoms. The number of Topliss-reactive ketones (excluding diaryl/α,β-unsaturated/α-hetero) is 1. The van der Waals surface area contributed by atoms with Crippen LogP contribution in [0.15, 0.2) is 18.3 Å². The Balaban J connectivity index is 1.62. The van der Waals surface area contributed by atoms with E-state index in [1.165, 1.54) is 0 Å². The van der Waals surface area contributed by atoms with Crippen molar-refractivity contribution in [3.8, 4) is 0 Å². The number of alkyl halides is 3. The fraction of sp³-hybridized carbons (Fsp3) is 0.474. The lowest BCUT2D eigenvalue weighted by molar-refractivity contribution is -0.137. The number of hydrogen-bond acceptors (Lipinski definition) is 4. The highest BCUT2D eigenvalue weighted by atomic mass is 35.5. The minimum absolute atomic E-state index is 0.0188. The van der Waals surface area contributed by atoms with Gasteiger partial charge in [-0.2, -0.15) is 13.2 Å². The molecule has 0 bridgehead atoms. The molecular weight excluding hydrogens is 393 g/mol. The summed E-state index contributed by atoms with van der Waals surface area (Å²) in [4.78, 5) is 20.4. The predicted molar refractivity (Wildman–Crippen MR) is 102 cm³/mol. The minimum Gasteiger partial charge on any atom is -0.353 e. The van der Waals surface area contributed by atoms with Crippen molar-refractivity contribution in [3.63, 3.8) is 0 Å². The Morgan fingerprint density at radius 1 is 1.18 bits per heavy atom. The van der Waals surface area contributed by atoms with Crippen LogP contribution in [0.3, 0.4) is 0 Å². The Labute approximate surface area is 166 Å². The van der Waals surface area contributed by atoms with Crippen LogP contribution in [0.2, 0.25) is 5.02 Å². The summed E-state index contributed by atoms with van der Waals surface area (Å²) in [6.07, 6.45) is -3.67. The second-order valence-electron chi connectivity index (χ2n) is 7.06. The number of aromatic nitrogens is 2. The van der Waals surface area contributed by atoms with E-state index in [1.54, 1.807) is 0 Å². The zero-order chi connectivity index (χ0) is 20.6. The van der Waals surface area contributed by atoms with Gasteiger partial charge >= 0.3 is 6.18 Å². The van der Waals surface area contributed by atoms with Gasteiger partial charge < -0.3 is 9.47 Å². The van der Waals surface area contributed by atoms with E-state index in [9.17, 15) is 18.0 Å². The van der Waals surface area contributed by atoms with Crippen LogP contribution >= 0.6 is 11.6 Å². The summed E-state index contributed by atoms with van der Waals surface area (Å²) in [5, 5.41) is -0.0188. The number of pyridine rings is 1. The summed E-state index contributed by atoms with van der Waals surface area (Å²) in [7, 11) is 1.93. The number of carbonyl (C=O) groups is 1. The van der Waals surface area contributed by atoms with Gasteiger partial charge in [-0.25, -0.2) is 4.98 Å². The van der Waals surface area contributed by atoms with Gasteiger partial charge in [-0.15, -0.1) is 0 Å². The van der Waals surface area contributed by atoms with Gasteiger partial charge in [0.15, 0.2) is 5.78 Å². The molecule has 3 rings (SSSR count). The summed E-state index contributed by atoms with van der Waals surface area (Å²) in [6, 6.07) is 2.81. The van der Waals surface area contributed by atoms with E-state index in [1.807, 2.05) is 41.3 Å². The first-order valence-corrected chi connectivity index (χ1v) is 9.32. The molecule has 0 aliphatic carbocycles. The zero-order valence-electron chi connectivity index (χ0n) is 16.0. The molecule has 28 heavy (non-hydrogen) atoms. The summed E-state index contributed by atoms with van der Waals surface area (Å²) in [5.74, 6) is 0.413. The van der Waals surface area contributed by atoms with E-state index in [0.717, 1.165) is 29.2 Å². The summed E-state index contributed by atoms with van der Waals surface area (Å²) in [6.45, 7) is 6.49. The maximum Gasteiger partial charge on any atom is 0.417 e. The van der Waals surface area contributed by atoms with Crippen LogP contribution in [0.5, 0.6) is 0 Å². The average Bonchev–Trinajstić information content (AvgIpc) is 2.89. The first-order chi connectivity index (χ1) is 13.1. The van der Waals surface area contributed by atoms with E-state index in [4.69, 9.17) is 11.6 Å². The van der Waals surface area contributed by atoms with Crippen molar-refractivity contribution in [2.24, 2.45) is 7.05 Å². The van der Waals surface area contributed by atoms with Gasteiger partial charge in [0.25, 0.3) is 0 Å². The third-order valence-corrected chi connectivity index (χ3v) is 5.54. The topological polar surface area (TPSA) is 41.4 Å². The molecule has 2 aromatic rings. The number of piperazine rings is 1. The molecule has 152 valence electrons. The van der Waals surface area contributed by atoms with Crippen molar-refractivity contribution in [2.45, 2.75) is 20.0 Å². The smallest absolute Gasteiger partial charge is 0.353 e. The minimum atomic E-state index is -4.47. The molecule has 0 amide bonds. The number of halogens is 4. The van der Waals surface area contributed by atoms with Crippen LogP contribution in [0.1, 0.15) is 27.3 Å². The quantitative estimate of drug-likeness (QED) is 0.715. The molecular formula is C19H22ClF3N4O. The molecule has 1 saturated heterocycles. The monoisotopic (exact) mass is 414 g/mol. The largest absolute Gasteiger partial charge is 0.417 e. The third-order valence-electron chi connectivity index (χ3n) is 5.26. The molecule has 0 saturated carbocycles. The fourth-order valence-electron chi connectivity index (χ4n) is 3.36. The number of rotatable bonds is 4. The molecule has 3 heterocycles. The Hall–Kier alpha value is -2.06. The Morgan fingerprint density at radius 2 is 1.82 bits per heavy atom. The number of aryl methyl sites for hydroxylation is 1. The van der Waals surface area contributed by atoms with Crippen molar-refractivity contribution in [2.75, 3.05) is 37.6 Å². The van der Waals surface area contributed by atoms with Crippen molar-refractivity contribution >= 4 is 23.2 Å². The van der Waals surface area contributed by atoms with Crippen LogP contribution in [-0.2, 0) is 13.2 Å². The molecule has 1 aliphatic rings. The highest BCUT2D eigenvalue weighted by molar-refractivity contribution is 6.33. The summed E-state index contributed by atoms with van der Waals surface area (Å²) < 4.78 is 40.3. The van der Waals surface area contributed by atoms with E-state index in [-0.39, 0.29) is 10.8 Å². The lowest BCUT2D eigenvalue weighted by atomic mass is 10.1. The van der Waals surface area contributed by atoms with E-state index < -0.39 is 11.7 Å². The highest BCUT2D eigenvalue weighted by Gasteiger charge is 2.32. The molecule has 0 aromatic carbocycles. The van der Waals surface area contributed by atoms with Crippen LogP contribution in [0, 0.1) is 13.8 Å². The molecule has 2 aromatic heterocycles. The van der Waals surface area contributed by atoms with Crippen LogP contribution < -0.4 is 4.90 Å². The lowest BCUT2D eigenvalue weighted by Gasteiger charge is -2.35. The molecule has 0 unspecified atom stereocenters. The summed E-state index contributed by atoms with van der Waals surface area (Å²) in [5.41, 5.74) is 1.85. The first kappa shape index (κ1) is 20.7. The summed E-state index contributed by atoms with van der Waals surface area (Å²) >= 11 is 6.03. The molecule has 0 atom stereocenters. The number of carbonyl (C=O) groups excluding carboxylic acids is 1. The number of hydrogen-bond donors (Lipinski definition) is 0. The predicted octanol–water partition coefficient (Wildman–Crippen LogP) is 3.71. The maximum atomic E-state index is 12.8. The maximum absolute atomic E-state index is 12.8. The van der Waals surface area contributed by atoms with Gasteiger partial charge in [0.05, 0.1) is 17.1 Å². The van der Waals surface area contributed by atoms with Crippen molar-refractivity contribution in [1.29, 1.82) is 0 Å². The second-order valence-corrected chi connectivity index (χ2v) is 7.46. The number of anilines is 1. The molecule has 9 heteroatoms. The number of ketones is 1. The SMILES string of the molecule is Cc1cc(C(=O)CN2CCN(c3ncc(C(F)(F)F)cc3Cl)CC2)c(C)n1C. The lowest BCUT2D eigenvalue weighted by Crippen LogP contribution is -2.48. The average molecular weight is 415 g/mol.